The predicted molar refractivity (Wildman–Crippen MR) is 91.8 cm³/mol. The summed E-state index contributed by atoms with van der Waals surface area (Å²) in [6, 6.07) is 7.81. The first-order valence-corrected chi connectivity index (χ1v) is 8.59. The standard InChI is InChI=1S/C16H17N3O5S/c1-11-4-6-14(25(23,24)18(2)3)9-15(11)17-10-12-8-13(19(21)22)5-7-16(12)20/h4-10,20H,1-3H3/p-1. The van der Waals surface area contributed by atoms with Crippen LogP contribution in [0.15, 0.2) is 46.3 Å². The Kier molecular flexibility index (Phi) is 5.19. The molecule has 0 aromatic heterocycles. The summed E-state index contributed by atoms with van der Waals surface area (Å²) in [6.45, 7) is 1.74. The molecule has 8 nitrogen and oxygen atoms in total. The van der Waals surface area contributed by atoms with Crippen LogP contribution in [0.2, 0.25) is 0 Å². The highest BCUT2D eigenvalue weighted by atomic mass is 32.2. The maximum Gasteiger partial charge on any atom is 0.270 e. The second-order valence-corrected chi connectivity index (χ2v) is 7.62. The fourth-order valence-electron chi connectivity index (χ4n) is 1.99. The lowest BCUT2D eigenvalue weighted by Gasteiger charge is -2.12. The summed E-state index contributed by atoms with van der Waals surface area (Å²) in [5, 5.41) is 22.6. The average Bonchev–Trinajstić information content (AvgIpc) is 2.54. The first-order valence-electron chi connectivity index (χ1n) is 7.15. The third-order valence-electron chi connectivity index (χ3n) is 3.51. The molecule has 0 N–H and O–H groups in total. The number of rotatable bonds is 5. The van der Waals surface area contributed by atoms with Crippen LogP contribution in [0.4, 0.5) is 11.4 Å². The molecule has 0 amide bonds. The van der Waals surface area contributed by atoms with Crippen molar-refractivity contribution in [3.63, 3.8) is 0 Å². The number of sulfonamides is 1. The van der Waals surface area contributed by atoms with E-state index in [-0.39, 0.29) is 16.1 Å². The lowest BCUT2D eigenvalue weighted by atomic mass is 10.2. The van der Waals surface area contributed by atoms with Crippen molar-refractivity contribution < 1.29 is 18.4 Å². The number of non-ortho nitro benzene ring substituents is 1. The summed E-state index contributed by atoms with van der Waals surface area (Å²) in [6.07, 6.45) is 1.20. The molecule has 0 aliphatic heterocycles. The van der Waals surface area contributed by atoms with Gasteiger partial charge in [-0.1, -0.05) is 17.9 Å². The molecule has 2 rings (SSSR count). The molecule has 0 heterocycles. The zero-order valence-electron chi connectivity index (χ0n) is 13.8. The maximum atomic E-state index is 12.2. The van der Waals surface area contributed by atoms with Gasteiger partial charge in [0, 0.05) is 32.4 Å². The van der Waals surface area contributed by atoms with Crippen molar-refractivity contribution >= 4 is 27.6 Å². The largest absolute Gasteiger partial charge is 0.872 e. The van der Waals surface area contributed by atoms with E-state index < -0.39 is 20.7 Å². The number of nitro groups is 1. The van der Waals surface area contributed by atoms with Crippen LogP contribution in [-0.2, 0) is 10.0 Å². The van der Waals surface area contributed by atoms with E-state index in [0.717, 1.165) is 22.5 Å². The van der Waals surface area contributed by atoms with Gasteiger partial charge in [0.15, 0.2) is 0 Å². The highest BCUT2D eigenvalue weighted by molar-refractivity contribution is 7.89. The van der Waals surface area contributed by atoms with Gasteiger partial charge >= 0.3 is 0 Å². The quantitative estimate of drug-likeness (QED) is 0.458. The van der Waals surface area contributed by atoms with E-state index in [9.17, 15) is 23.6 Å². The SMILES string of the molecule is Cc1ccc(S(=O)(=O)N(C)C)cc1N=Cc1cc([N+](=O)[O-])ccc1[O-]. The fraction of sp³-hybridized carbons (Fsp3) is 0.188. The van der Waals surface area contributed by atoms with Crippen LogP contribution in [0.1, 0.15) is 11.1 Å². The van der Waals surface area contributed by atoms with Crippen molar-refractivity contribution in [2.24, 2.45) is 4.99 Å². The van der Waals surface area contributed by atoms with Crippen LogP contribution in [0.3, 0.4) is 0 Å². The van der Waals surface area contributed by atoms with Gasteiger partial charge in [0.2, 0.25) is 10.0 Å². The molecular weight excluding hydrogens is 346 g/mol. The minimum absolute atomic E-state index is 0.0504. The van der Waals surface area contributed by atoms with Gasteiger partial charge in [-0.15, -0.1) is 0 Å². The summed E-state index contributed by atoms with van der Waals surface area (Å²) >= 11 is 0. The Morgan fingerprint density at radius 1 is 1.16 bits per heavy atom. The van der Waals surface area contributed by atoms with Crippen molar-refractivity contribution in [1.29, 1.82) is 0 Å². The Balaban J connectivity index is 2.46. The second-order valence-electron chi connectivity index (χ2n) is 5.47. The topological polar surface area (TPSA) is 116 Å². The normalized spacial score (nSPS) is 12.0. The number of aryl methyl sites for hydroxylation is 1. The van der Waals surface area contributed by atoms with E-state index in [2.05, 4.69) is 4.99 Å². The van der Waals surface area contributed by atoms with Gasteiger partial charge in [0.1, 0.15) is 0 Å². The molecule has 0 aliphatic rings. The Hall–Kier alpha value is -2.78. The molecule has 9 heteroatoms. The molecule has 25 heavy (non-hydrogen) atoms. The molecule has 0 radical (unpaired) electrons. The molecule has 2 aromatic rings. The average molecular weight is 362 g/mol. The number of nitro benzene ring substituents is 1. The monoisotopic (exact) mass is 362 g/mol. The zero-order chi connectivity index (χ0) is 18.8. The molecule has 0 atom stereocenters. The molecule has 0 bridgehead atoms. The van der Waals surface area contributed by atoms with Crippen molar-refractivity contribution in [3.8, 4) is 5.75 Å². The minimum atomic E-state index is -3.62. The number of hydrogen-bond acceptors (Lipinski definition) is 6. The number of hydrogen-bond donors (Lipinski definition) is 0. The van der Waals surface area contributed by atoms with E-state index in [1.165, 1.54) is 32.4 Å². The molecular formula is C16H16N3O5S-. The zero-order valence-corrected chi connectivity index (χ0v) is 14.6. The van der Waals surface area contributed by atoms with Crippen LogP contribution < -0.4 is 5.11 Å². The summed E-state index contributed by atoms with van der Waals surface area (Å²) < 4.78 is 25.5. The van der Waals surface area contributed by atoms with Crippen molar-refractivity contribution in [1.82, 2.24) is 4.31 Å². The van der Waals surface area contributed by atoms with E-state index in [4.69, 9.17) is 0 Å². The fourth-order valence-corrected chi connectivity index (χ4v) is 2.91. The Bertz CT molecular complexity index is 952. The summed E-state index contributed by atoms with van der Waals surface area (Å²) in [5.41, 5.74) is 0.886. The molecule has 0 unspecified atom stereocenters. The summed E-state index contributed by atoms with van der Waals surface area (Å²) in [7, 11) is -0.774. The van der Waals surface area contributed by atoms with E-state index in [1.54, 1.807) is 13.0 Å². The van der Waals surface area contributed by atoms with Crippen LogP contribution in [-0.4, -0.2) is 38.0 Å². The van der Waals surface area contributed by atoms with Gasteiger partial charge < -0.3 is 5.11 Å². The minimum Gasteiger partial charge on any atom is -0.872 e. The first-order chi connectivity index (χ1) is 11.6. The van der Waals surface area contributed by atoms with Crippen molar-refractivity contribution in [2.75, 3.05) is 14.1 Å². The molecule has 0 saturated carbocycles. The summed E-state index contributed by atoms with van der Waals surface area (Å²) in [5.74, 6) is -0.413. The van der Waals surface area contributed by atoms with Gasteiger partial charge in [-0.3, -0.25) is 15.1 Å². The number of benzene rings is 2. The van der Waals surface area contributed by atoms with Gasteiger partial charge in [-0.25, -0.2) is 12.7 Å². The Morgan fingerprint density at radius 2 is 1.84 bits per heavy atom. The van der Waals surface area contributed by atoms with Crippen LogP contribution in [0.5, 0.6) is 5.75 Å². The lowest BCUT2D eigenvalue weighted by Crippen LogP contribution is -2.22. The predicted octanol–water partition coefficient (Wildman–Crippen LogP) is 1.98. The van der Waals surface area contributed by atoms with Gasteiger partial charge in [0.25, 0.3) is 5.69 Å². The second kappa shape index (κ2) is 6.99. The van der Waals surface area contributed by atoms with Crippen molar-refractivity contribution in [2.45, 2.75) is 11.8 Å². The highest BCUT2D eigenvalue weighted by Crippen LogP contribution is 2.25. The molecule has 0 fully saturated rings. The van der Waals surface area contributed by atoms with Crippen LogP contribution >= 0.6 is 0 Å². The number of aliphatic imine (C=N–C) groups is 1. The molecule has 2 aromatic carbocycles. The van der Waals surface area contributed by atoms with Gasteiger partial charge in [-0.2, -0.15) is 0 Å². The maximum absolute atomic E-state index is 12.2. The third kappa shape index (κ3) is 4.01. The first kappa shape index (κ1) is 18.6. The Morgan fingerprint density at radius 3 is 2.44 bits per heavy atom. The third-order valence-corrected chi connectivity index (χ3v) is 5.32. The van der Waals surface area contributed by atoms with Gasteiger partial charge in [0.05, 0.1) is 15.5 Å². The smallest absolute Gasteiger partial charge is 0.270 e. The lowest BCUT2D eigenvalue weighted by molar-refractivity contribution is -0.385. The molecule has 132 valence electrons. The van der Waals surface area contributed by atoms with E-state index >= 15 is 0 Å². The number of nitrogens with zero attached hydrogens (tertiary/aromatic N) is 3. The highest BCUT2D eigenvalue weighted by Gasteiger charge is 2.17. The summed E-state index contributed by atoms with van der Waals surface area (Å²) in [4.78, 5) is 14.4. The molecule has 0 spiro atoms. The van der Waals surface area contributed by atoms with E-state index in [0.29, 0.717) is 11.3 Å². The van der Waals surface area contributed by atoms with Crippen LogP contribution in [0, 0.1) is 17.0 Å². The van der Waals surface area contributed by atoms with Crippen LogP contribution in [0.25, 0.3) is 0 Å². The molecule has 0 saturated heterocycles. The van der Waals surface area contributed by atoms with E-state index in [1.807, 2.05) is 0 Å². The van der Waals surface area contributed by atoms with Gasteiger partial charge in [-0.05, 0) is 30.2 Å². The van der Waals surface area contributed by atoms with Crippen molar-refractivity contribution in [3.05, 3.63) is 57.6 Å². The molecule has 0 aliphatic carbocycles. The Labute approximate surface area is 145 Å².